The number of hydrogen-bond donors (Lipinski definition) is 1. The minimum atomic E-state index is -0.895. The monoisotopic (exact) mass is 439 g/mol. The second-order valence-electron chi connectivity index (χ2n) is 8.93. The summed E-state index contributed by atoms with van der Waals surface area (Å²) in [5.41, 5.74) is -0.259. The Morgan fingerprint density at radius 1 is 1.06 bits per heavy atom. The van der Waals surface area contributed by atoms with E-state index in [0.29, 0.717) is 23.0 Å². The summed E-state index contributed by atoms with van der Waals surface area (Å²) in [4.78, 5) is 37.7. The average Bonchev–Trinajstić information content (AvgIpc) is 2.73. The number of esters is 1. The van der Waals surface area contributed by atoms with Crippen LogP contribution in [-0.2, 0) is 9.53 Å². The molecule has 0 saturated heterocycles. The normalized spacial score (nSPS) is 13.6. The Bertz CT molecular complexity index is 1220. The van der Waals surface area contributed by atoms with Gasteiger partial charge in [0.2, 0.25) is 0 Å². The highest BCUT2D eigenvalue weighted by atomic mass is 16.6. The van der Waals surface area contributed by atoms with E-state index in [2.05, 4.69) is 5.32 Å². The molecule has 0 spiro atoms. The van der Waals surface area contributed by atoms with Gasteiger partial charge in [0, 0.05) is 10.9 Å². The fourth-order valence-electron chi connectivity index (χ4n) is 3.45. The van der Waals surface area contributed by atoms with E-state index in [1.165, 1.54) is 0 Å². The SMILES string of the molecule is CC[C@H](C)[C@H](NC(=O)OC(C)(C)C)C(=O)Oc1ccc2c(oc(=O)c3ccccc32)c1C. The lowest BCUT2D eigenvalue weighted by Gasteiger charge is -2.25. The topological polar surface area (TPSA) is 94.8 Å². The van der Waals surface area contributed by atoms with Gasteiger partial charge in [-0.3, -0.25) is 0 Å². The summed E-state index contributed by atoms with van der Waals surface area (Å²) in [6.07, 6.45) is -0.0416. The molecule has 1 N–H and O–H groups in total. The van der Waals surface area contributed by atoms with E-state index in [-0.39, 0.29) is 11.7 Å². The summed E-state index contributed by atoms with van der Waals surface area (Å²) in [7, 11) is 0. The van der Waals surface area contributed by atoms with Crippen LogP contribution in [0, 0.1) is 12.8 Å². The van der Waals surface area contributed by atoms with E-state index in [9.17, 15) is 14.4 Å². The van der Waals surface area contributed by atoms with E-state index in [1.54, 1.807) is 52.0 Å². The summed E-state index contributed by atoms with van der Waals surface area (Å²) in [5.74, 6) is -0.534. The minimum Gasteiger partial charge on any atom is -0.444 e. The van der Waals surface area contributed by atoms with Crippen molar-refractivity contribution in [3.8, 4) is 5.75 Å². The zero-order chi connectivity index (χ0) is 23.6. The van der Waals surface area contributed by atoms with Crippen LogP contribution >= 0.6 is 0 Å². The zero-order valence-electron chi connectivity index (χ0n) is 19.3. The lowest BCUT2D eigenvalue weighted by Crippen LogP contribution is -2.48. The van der Waals surface area contributed by atoms with Crippen LogP contribution in [0.3, 0.4) is 0 Å². The molecule has 3 rings (SSSR count). The largest absolute Gasteiger partial charge is 0.444 e. The van der Waals surface area contributed by atoms with E-state index in [1.807, 2.05) is 26.0 Å². The van der Waals surface area contributed by atoms with Crippen molar-refractivity contribution in [3.63, 3.8) is 0 Å². The molecule has 0 unspecified atom stereocenters. The van der Waals surface area contributed by atoms with Crippen molar-refractivity contribution in [2.24, 2.45) is 5.92 Å². The highest BCUT2D eigenvalue weighted by molar-refractivity contribution is 6.05. The molecule has 32 heavy (non-hydrogen) atoms. The van der Waals surface area contributed by atoms with Gasteiger partial charge in [-0.05, 0) is 57.2 Å². The van der Waals surface area contributed by atoms with Gasteiger partial charge in [0.05, 0.1) is 5.39 Å². The smallest absolute Gasteiger partial charge is 0.408 e. The third-order valence-electron chi connectivity index (χ3n) is 5.34. The van der Waals surface area contributed by atoms with Crippen molar-refractivity contribution >= 4 is 33.8 Å². The lowest BCUT2D eigenvalue weighted by atomic mass is 9.99. The molecular formula is C25H29NO6. The molecule has 2 atom stereocenters. The van der Waals surface area contributed by atoms with Crippen molar-refractivity contribution in [3.05, 3.63) is 52.4 Å². The number of ether oxygens (including phenoxy) is 2. The van der Waals surface area contributed by atoms with E-state index in [0.717, 1.165) is 10.8 Å². The molecule has 2 aromatic carbocycles. The van der Waals surface area contributed by atoms with Gasteiger partial charge in [-0.2, -0.15) is 0 Å². The highest BCUT2D eigenvalue weighted by Crippen LogP contribution is 2.31. The summed E-state index contributed by atoms with van der Waals surface area (Å²) in [6, 6.07) is 9.73. The number of nitrogens with one attached hydrogen (secondary N) is 1. The Labute approximate surface area is 186 Å². The molecular weight excluding hydrogens is 410 g/mol. The number of amides is 1. The first-order valence-corrected chi connectivity index (χ1v) is 10.7. The minimum absolute atomic E-state index is 0.183. The van der Waals surface area contributed by atoms with Crippen molar-refractivity contribution in [2.75, 3.05) is 0 Å². The van der Waals surface area contributed by atoms with Crippen LogP contribution < -0.4 is 15.7 Å². The van der Waals surface area contributed by atoms with Crippen LogP contribution in [0.1, 0.15) is 46.6 Å². The van der Waals surface area contributed by atoms with Crippen LogP contribution in [0.2, 0.25) is 0 Å². The number of benzene rings is 2. The number of alkyl carbamates (subject to hydrolysis) is 1. The maximum Gasteiger partial charge on any atom is 0.408 e. The van der Waals surface area contributed by atoms with Crippen LogP contribution in [0.15, 0.2) is 45.6 Å². The highest BCUT2D eigenvalue weighted by Gasteiger charge is 2.30. The number of aryl methyl sites for hydroxylation is 1. The fraction of sp³-hybridized carbons (Fsp3) is 0.400. The maximum atomic E-state index is 13.0. The molecule has 0 aliphatic heterocycles. The van der Waals surface area contributed by atoms with Gasteiger partial charge < -0.3 is 19.2 Å². The molecule has 0 saturated carbocycles. The molecule has 1 aromatic heterocycles. The Balaban J connectivity index is 1.93. The Hall–Kier alpha value is -3.35. The van der Waals surface area contributed by atoms with Gasteiger partial charge in [-0.1, -0.05) is 38.5 Å². The van der Waals surface area contributed by atoms with Crippen LogP contribution in [0.25, 0.3) is 21.7 Å². The quantitative estimate of drug-likeness (QED) is 0.257. The van der Waals surface area contributed by atoms with Crippen molar-refractivity contribution in [1.29, 1.82) is 0 Å². The summed E-state index contributed by atoms with van der Waals surface area (Å²) < 4.78 is 16.5. The molecule has 0 radical (unpaired) electrons. The summed E-state index contributed by atoms with van der Waals surface area (Å²) >= 11 is 0. The first kappa shape index (κ1) is 23.3. The van der Waals surface area contributed by atoms with Crippen molar-refractivity contribution in [2.45, 2.75) is 59.6 Å². The van der Waals surface area contributed by atoms with E-state index >= 15 is 0 Å². The van der Waals surface area contributed by atoms with Gasteiger partial charge in [-0.25, -0.2) is 14.4 Å². The third-order valence-corrected chi connectivity index (χ3v) is 5.34. The van der Waals surface area contributed by atoms with E-state index < -0.39 is 29.3 Å². The average molecular weight is 440 g/mol. The number of hydrogen-bond acceptors (Lipinski definition) is 6. The first-order chi connectivity index (χ1) is 15.0. The fourth-order valence-corrected chi connectivity index (χ4v) is 3.45. The first-order valence-electron chi connectivity index (χ1n) is 10.7. The molecule has 0 bridgehead atoms. The molecule has 0 aliphatic carbocycles. The molecule has 3 aromatic rings. The molecule has 1 heterocycles. The second kappa shape index (κ2) is 9.02. The molecule has 7 nitrogen and oxygen atoms in total. The number of carbonyl (C=O) groups is 2. The third kappa shape index (κ3) is 4.93. The predicted octanol–water partition coefficient (Wildman–Crippen LogP) is 5.10. The predicted molar refractivity (Wildman–Crippen MR) is 123 cm³/mol. The van der Waals surface area contributed by atoms with Crippen LogP contribution in [0.5, 0.6) is 5.75 Å². The van der Waals surface area contributed by atoms with Gasteiger partial charge >= 0.3 is 17.7 Å². The van der Waals surface area contributed by atoms with Gasteiger partial charge in [0.25, 0.3) is 0 Å². The Kier molecular flexibility index (Phi) is 6.57. The summed E-state index contributed by atoms with van der Waals surface area (Å²) in [5, 5.41) is 4.63. The molecule has 170 valence electrons. The van der Waals surface area contributed by atoms with Gasteiger partial charge in [0.15, 0.2) is 0 Å². The second-order valence-corrected chi connectivity index (χ2v) is 8.93. The van der Waals surface area contributed by atoms with Gasteiger partial charge in [-0.15, -0.1) is 0 Å². The lowest BCUT2D eigenvalue weighted by molar-refractivity contribution is -0.138. The van der Waals surface area contributed by atoms with E-state index in [4.69, 9.17) is 13.9 Å². The number of fused-ring (bicyclic) bond motifs is 3. The standard InChI is InChI=1S/C25H29NO6/c1-7-14(2)20(26-24(29)32-25(4,5)6)23(28)30-19-13-12-17-16-10-8-9-11-18(16)22(27)31-21(17)15(19)3/h8-14,20H,7H2,1-6H3,(H,26,29)/t14-,20-/m0/s1. The zero-order valence-corrected chi connectivity index (χ0v) is 19.3. The summed E-state index contributed by atoms with van der Waals surface area (Å²) in [6.45, 7) is 10.7. The Morgan fingerprint density at radius 2 is 1.72 bits per heavy atom. The van der Waals surface area contributed by atoms with Gasteiger partial charge in [0.1, 0.15) is 23.0 Å². The Morgan fingerprint density at radius 3 is 2.34 bits per heavy atom. The van der Waals surface area contributed by atoms with Crippen LogP contribution in [-0.4, -0.2) is 23.7 Å². The molecule has 1 amide bonds. The maximum absolute atomic E-state index is 13.0. The number of rotatable bonds is 5. The number of carbonyl (C=O) groups excluding carboxylic acids is 2. The molecule has 7 heteroatoms. The molecule has 0 aliphatic rings. The van der Waals surface area contributed by atoms with Crippen LogP contribution in [0.4, 0.5) is 4.79 Å². The van der Waals surface area contributed by atoms with Crippen molar-refractivity contribution in [1.82, 2.24) is 5.32 Å². The molecule has 0 fully saturated rings. The van der Waals surface area contributed by atoms with Crippen molar-refractivity contribution < 1.29 is 23.5 Å².